The standard InChI is InChI=1S/C19H17N5O3/c1-12-7-15(16(25)10-23-11-21-19(9-20)22-23)13(2)24(12)14-3-4-17-18(8-14)27-6-5-26-17/h3-4,7-8,11H,5-6,10H2,1-2H3. The maximum atomic E-state index is 12.7. The van der Waals surface area contributed by atoms with Crippen molar-refractivity contribution >= 4 is 5.78 Å². The number of nitriles is 1. The summed E-state index contributed by atoms with van der Waals surface area (Å²) in [7, 11) is 0. The van der Waals surface area contributed by atoms with Crippen LogP contribution in [0.25, 0.3) is 5.69 Å². The van der Waals surface area contributed by atoms with Gasteiger partial charge in [-0.1, -0.05) is 0 Å². The zero-order valence-corrected chi connectivity index (χ0v) is 15.0. The van der Waals surface area contributed by atoms with Gasteiger partial charge < -0.3 is 14.0 Å². The van der Waals surface area contributed by atoms with Gasteiger partial charge in [0, 0.05) is 28.7 Å². The number of ketones is 1. The van der Waals surface area contributed by atoms with Crippen LogP contribution in [0.1, 0.15) is 27.6 Å². The number of hydrogen-bond acceptors (Lipinski definition) is 6. The highest BCUT2D eigenvalue weighted by molar-refractivity contribution is 5.97. The Hall–Kier alpha value is -3.60. The van der Waals surface area contributed by atoms with Crippen LogP contribution in [0.15, 0.2) is 30.6 Å². The van der Waals surface area contributed by atoms with Crippen molar-refractivity contribution in [3.8, 4) is 23.3 Å². The van der Waals surface area contributed by atoms with Gasteiger partial charge >= 0.3 is 0 Å². The van der Waals surface area contributed by atoms with Crippen LogP contribution in [0.4, 0.5) is 0 Å². The number of aromatic nitrogens is 4. The molecule has 136 valence electrons. The van der Waals surface area contributed by atoms with E-state index in [2.05, 4.69) is 10.1 Å². The minimum Gasteiger partial charge on any atom is -0.486 e. The average molecular weight is 363 g/mol. The Morgan fingerprint density at radius 1 is 1.22 bits per heavy atom. The van der Waals surface area contributed by atoms with Crippen molar-refractivity contribution in [1.82, 2.24) is 19.3 Å². The molecule has 0 bridgehead atoms. The first kappa shape index (κ1) is 16.8. The van der Waals surface area contributed by atoms with Gasteiger partial charge in [0.05, 0.1) is 0 Å². The number of benzene rings is 1. The fraction of sp³-hybridized carbons (Fsp3) is 0.263. The van der Waals surface area contributed by atoms with Gasteiger partial charge in [0.25, 0.3) is 5.82 Å². The van der Waals surface area contributed by atoms with Crippen molar-refractivity contribution in [3.05, 3.63) is 53.4 Å². The third kappa shape index (κ3) is 3.04. The summed E-state index contributed by atoms with van der Waals surface area (Å²) in [6.45, 7) is 4.94. The van der Waals surface area contributed by atoms with E-state index in [0.29, 0.717) is 24.5 Å². The fourth-order valence-corrected chi connectivity index (χ4v) is 3.27. The van der Waals surface area contributed by atoms with Gasteiger partial charge in [0.1, 0.15) is 32.2 Å². The van der Waals surface area contributed by atoms with Crippen molar-refractivity contribution < 1.29 is 14.3 Å². The van der Waals surface area contributed by atoms with E-state index in [1.165, 1.54) is 11.0 Å². The molecular formula is C19H17N5O3. The molecule has 0 saturated carbocycles. The fourth-order valence-electron chi connectivity index (χ4n) is 3.27. The molecule has 27 heavy (non-hydrogen) atoms. The second-order valence-corrected chi connectivity index (χ2v) is 6.25. The summed E-state index contributed by atoms with van der Waals surface area (Å²) in [6, 6.07) is 9.45. The third-order valence-electron chi connectivity index (χ3n) is 4.46. The molecule has 4 rings (SSSR count). The lowest BCUT2D eigenvalue weighted by Gasteiger charge is -2.20. The molecular weight excluding hydrogens is 346 g/mol. The molecule has 0 spiro atoms. The molecule has 0 N–H and O–H groups in total. The lowest BCUT2D eigenvalue weighted by Crippen LogP contribution is -2.15. The van der Waals surface area contributed by atoms with E-state index < -0.39 is 0 Å². The minimum absolute atomic E-state index is 0.0279. The Bertz CT molecular complexity index is 1070. The van der Waals surface area contributed by atoms with E-state index >= 15 is 0 Å². The van der Waals surface area contributed by atoms with Crippen molar-refractivity contribution in [3.63, 3.8) is 0 Å². The highest BCUT2D eigenvalue weighted by Crippen LogP contribution is 2.33. The summed E-state index contributed by atoms with van der Waals surface area (Å²) in [4.78, 5) is 16.6. The lowest BCUT2D eigenvalue weighted by atomic mass is 10.1. The van der Waals surface area contributed by atoms with E-state index in [9.17, 15) is 4.79 Å². The van der Waals surface area contributed by atoms with Gasteiger partial charge in [0.2, 0.25) is 0 Å². The van der Waals surface area contributed by atoms with Crippen LogP contribution in [0.5, 0.6) is 11.5 Å². The largest absolute Gasteiger partial charge is 0.486 e. The summed E-state index contributed by atoms with van der Waals surface area (Å²) < 4.78 is 14.6. The Morgan fingerprint density at radius 2 is 2.00 bits per heavy atom. The molecule has 1 aliphatic rings. The van der Waals surface area contributed by atoms with Crippen LogP contribution in [0.2, 0.25) is 0 Å². The number of rotatable bonds is 4. The maximum absolute atomic E-state index is 12.7. The smallest absolute Gasteiger partial charge is 0.252 e. The SMILES string of the molecule is Cc1cc(C(=O)Cn2cnc(C#N)n2)c(C)n1-c1ccc2c(c1)OCCO2. The molecule has 0 aliphatic carbocycles. The first-order valence-corrected chi connectivity index (χ1v) is 8.48. The third-order valence-corrected chi connectivity index (χ3v) is 4.46. The van der Waals surface area contributed by atoms with Crippen molar-refractivity contribution in [2.24, 2.45) is 0 Å². The Kier molecular flexibility index (Phi) is 4.12. The Labute approximate surface area is 155 Å². The van der Waals surface area contributed by atoms with Crippen molar-refractivity contribution in [2.75, 3.05) is 13.2 Å². The highest BCUT2D eigenvalue weighted by Gasteiger charge is 2.19. The minimum atomic E-state index is -0.0960. The Morgan fingerprint density at radius 3 is 2.74 bits per heavy atom. The lowest BCUT2D eigenvalue weighted by molar-refractivity contribution is 0.0967. The van der Waals surface area contributed by atoms with Gasteiger partial charge in [0.15, 0.2) is 17.3 Å². The molecule has 1 aliphatic heterocycles. The number of nitrogens with zero attached hydrogens (tertiary/aromatic N) is 5. The zero-order valence-electron chi connectivity index (χ0n) is 15.0. The molecule has 0 amide bonds. The molecule has 2 aromatic heterocycles. The number of carbonyl (C=O) groups is 1. The number of carbonyl (C=O) groups excluding carboxylic acids is 1. The van der Waals surface area contributed by atoms with Gasteiger partial charge in [-0.05, 0) is 32.0 Å². The summed E-state index contributed by atoms with van der Waals surface area (Å²) in [5.41, 5.74) is 3.27. The molecule has 8 heteroatoms. The molecule has 0 radical (unpaired) electrons. The zero-order chi connectivity index (χ0) is 19.0. The predicted octanol–water partition coefficient (Wildman–Crippen LogP) is 2.21. The molecule has 3 heterocycles. The second-order valence-electron chi connectivity index (χ2n) is 6.25. The highest BCUT2D eigenvalue weighted by atomic mass is 16.6. The van der Waals surface area contributed by atoms with Crippen LogP contribution in [0, 0.1) is 25.2 Å². The molecule has 0 unspecified atom stereocenters. The molecule has 3 aromatic rings. The molecule has 0 fully saturated rings. The normalized spacial score (nSPS) is 12.6. The van der Waals surface area contributed by atoms with Crippen LogP contribution in [-0.4, -0.2) is 38.3 Å². The van der Waals surface area contributed by atoms with Crippen LogP contribution in [-0.2, 0) is 6.54 Å². The number of ether oxygens (including phenoxy) is 2. The van der Waals surface area contributed by atoms with Crippen molar-refractivity contribution in [2.45, 2.75) is 20.4 Å². The average Bonchev–Trinajstić information content (AvgIpc) is 3.25. The number of aryl methyl sites for hydroxylation is 1. The van der Waals surface area contributed by atoms with Gasteiger partial charge in [-0.3, -0.25) is 4.79 Å². The second kappa shape index (κ2) is 6.61. The summed E-state index contributed by atoms with van der Waals surface area (Å²) in [6.07, 6.45) is 1.39. The summed E-state index contributed by atoms with van der Waals surface area (Å²) in [5.74, 6) is 1.37. The van der Waals surface area contributed by atoms with Crippen LogP contribution < -0.4 is 9.47 Å². The summed E-state index contributed by atoms with van der Waals surface area (Å²) >= 11 is 0. The number of fused-ring (bicyclic) bond motifs is 1. The number of Topliss-reactive ketones (excluding diaryl/α,β-unsaturated/α-hetero) is 1. The van der Waals surface area contributed by atoms with Gasteiger partial charge in [-0.25, -0.2) is 9.67 Å². The van der Waals surface area contributed by atoms with E-state index in [4.69, 9.17) is 14.7 Å². The molecule has 0 saturated heterocycles. The molecule has 0 atom stereocenters. The van der Waals surface area contributed by atoms with Gasteiger partial charge in [-0.15, -0.1) is 5.10 Å². The topological polar surface area (TPSA) is 95.0 Å². The van der Waals surface area contributed by atoms with E-state index in [1.807, 2.05) is 48.7 Å². The van der Waals surface area contributed by atoms with E-state index in [0.717, 1.165) is 22.8 Å². The van der Waals surface area contributed by atoms with Crippen LogP contribution >= 0.6 is 0 Å². The van der Waals surface area contributed by atoms with Crippen molar-refractivity contribution in [1.29, 1.82) is 5.26 Å². The molecule has 1 aromatic carbocycles. The monoisotopic (exact) mass is 363 g/mol. The van der Waals surface area contributed by atoms with Gasteiger partial charge in [-0.2, -0.15) is 5.26 Å². The first-order valence-electron chi connectivity index (χ1n) is 8.48. The molecule has 8 nitrogen and oxygen atoms in total. The quantitative estimate of drug-likeness (QED) is 0.660. The maximum Gasteiger partial charge on any atom is 0.252 e. The van der Waals surface area contributed by atoms with Crippen LogP contribution in [0.3, 0.4) is 0 Å². The first-order chi connectivity index (χ1) is 13.1. The predicted molar refractivity (Wildman–Crippen MR) is 95.3 cm³/mol. The number of hydrogen-bond donors (Lipinski definition) is 0. The van der Waals surface area contributed by atoms with E-state index in [1.54, 1.807) is 0 Å². The Balaban J connectivity index is 1.65. The summed E-state index contributed by atoms with van der Waals surface area (Å²) in [5, 5.41) is 12.7. The van der Waals surface area contributed by atoms with E-state index in [-0.39, 0.29) is 18.2 Å².